The molecule has 98 valence electrons. The predicted molar refractivity (Wildman–Crippen MR) is 75.6 cm³/mol. The Morgan fingerprint density at radius 1 is 1.41 bits per heavy atom. The predicted octanol–water partition coefficient (Wildman–Crippen LogP) is 3.76. The molecule has 0 bridgehead atoms. The molecule has 1 atom stereocenters. The average Bonchev–Trinajstić information content (AvgIpc) is 2.74. The van der Waals surface area contributed by atoms with Crippen LogP contribution in [-0.4, -0.2) is 32.4 Å². The van der Waals surface area contributed by atoms with Gasteiger partial charge in [0.05, 0.1) is 12.6 Å². The highest BCUT2D eigenvalue weighted by atomic mass is 28.4. The minimum Gasteiger partial charge on any atom is -0.415 e. The van der Waals surface area contributed by atoms with Gasteiger partial charge in [-0.25, -0.2) is 0 Å². The Morgan fingerprint density at radius 2 is 2.12 bits per heavy atom. The van der Waals surface area contributed by atoms with Crippen LogP contribution in [0.15, 0.2) is 11.8 Å². The first-order valence-electron chi connectivity index (χ1n) is 6.91. The first-order chi connectivity index (χ1) is 7.81. The summed E-state index contributed by atoms with van der Waals surface area (Å²) in [4.78, 5) is 2.58. The number of rotatable bonds is 3. The van der Waals surface area contributed by atoms with Crippen molar-refractivity contribution in [3.8, 4) is 0 Å². The van der Waals surface area contributed by atoms with Crippen molar-refractivity contribution in [2.75, 3.05) is 13.2 Å². The molecule has 1 fully saturated rings. The van der Waals surface area contributed by atoms with E-state index in [-0.39, 0.29) is 0 Å². The van der Waals surface area contributed by atoms with E-state index in [0.29, 0.717) is 11.1 Å². The van der Waals surface area contributed by atoms with Crippen molar-refractivity contribution in [1.29, 1.82) is 0 Å². The Kier molecular flexibility index (Phi) is 3.43. The van der Waals surface area contributed by atoms with Crippen molar-refractivity contribution >= 4 is 8.32 Å². The molecular weight excluding hydrogens is 226 g/mol. The van der Waals surface area contributed by atoms with Gasteiger partial charge in [0.2, 0.25) is 0 Å². The van der Waals surface area contributed by atoms with E-state index >= 15 is 0 Å². The van der Waals surface area contributed by atoms with Crippen LogP contribution in [0.3, 0.4) is 0 Å². The molecule has 1 saturated heterocycles. The fourth-order valence-corrected chi connectivity index (χ4v) is 3.50. The lowest BCUT2D eigenvalue weighted by atomic mass is 10.2. The summed E-state index contributed by atoms with van der Waals surface area (Å²) in [5.41, 5.74) is 1.58. The van der Waals surface area contributed by atoms with Gasteiger partial charge in [-0.3, -0.25) is 0 Å². The zero-order valence-electron chi connectivity index (χ0n) is 12.0. The van der Waals surface area contributed by atoms with Gasteiger partial charge in [-0.15, -0.1) is 0 Å². The Labute approximate surface area is 107 Å². The summed E-state index contributed by atoms with van der Waals surface area (Å²) in [7, 11) is -1.56. The minimum atomic E-state index is -1.56. The van der Waals surface area contributed by atoms with Crippen LogP contribution in [0.25, 0.3) is 0 Å². The Hall–Kier alpha value is -0.283. The van der Waals surface area contributed by atoms with E-state index in [1.54, 1.807) is 5.70 Å². The minimum absolute atomic E-state index is 0.329. The lowest BCUT2D eigenvalue weighted by Crippen LogP contribution is -2.44. The molecule has 0 aromatic heterocycles. The molecule has 0 N–H and O–H groups in total. The quantitative estimate of drug-likeness (QED) is 0.710. The van der Waals surface area contributed by atoms with Crippen LogP contribution >= 0.6 is 0 Å². The molecule has 2 heterocycles. The second-order valence-electron chi connectivity index (χ2n) is 6.94. The number of hydrogen-bond acceptors (Lipinski definition) is 2. The van der Waals surface area contributed by atoms with Crippen molar-refractivity contribution in [3.05, 3.63) is 11.8 Å². The summed E-state index contributed by atoms with van der Waals surface area (Å²) in [6, 6.07) is 0.651. The van der Waals surface area contributed by atoms with Gasteiger partial charge in [0.1, 0.15) is 0 Å². The van der Waals surface area contributed by atoms with Crippen LogP contribution in [0.1, 0.15) is 40.0 Å². The third kappa shape index (κ3) is 2.60. The van der Waals surface area contributed by atoms with Gasteiger partial charge in [0.15, 0.2) is 8.32 Å². The molecule has 0 radical (unpaired) electrons. The third-order valence-corrected chi connectivity index (χ3v) is 9.24. The highest BCUT2D eigenvalue weighted by molar-refractivity contribution is 6.74. The first-order valence-corrected chi connectivity index (χ1v) is 9.82. The lowest BCUT2D eigenvalue weighted by molar-refractivity contribution is 0.186. The molecule has 2 aliphatic rings. The van der Waals surface area contributed by atoms with Gasteiger partial charge in [-0.2, -0.15) is 0 Å². The monoisotopic (exact) mass is 253 g/mol. The maximum atomic E-state index is 6.36. The summed E-state index contributed by atoms with van der Waals surface area (Å²) in [5.74, 6) is 0. The van der Waals surface area contributed by atoms with Crippen molar-refractivity contribution < 1.29 is 4.43 Å². The largest absolute Gasteiger partial charge is 0.415 e. The van der Waals surface area contributed by atoms with Crippen molar-refractivity contribution in [1.82, 2.24) is 4.90 Å². The topological polar surface area (TPSA) is 12.5 Å². The second kappa shape index (κ2) is 4.43. The van der Waals surface area contributed by atoms with Crippen LogP contribution in [-0.2, 0) is 4.43 Å². The fraction of sp³-hybridized carbons (Fsp3) is 0.857. The van der Waals surface area contributed by atoms with Gasteiger partial charge < -0.3 is 9.33 Å². The van der Waals surface area contributed by atoms with Crippen LogP contribution in [0.5, 0.6) is 0 Å². The molecule has 0 aromatic rings. The molecular formula is C14H27NOSi. The van der Waals surface area contributed by atoms with E-state index < -0.39 is 8.32 Å². The van der Waals surface area contributed by atoms with Crippen LogP contribution in [0.4, 0.5) is 0 Å². The molecule has 0 saturated carbocycles. The van der Waals surface area contributed by atoms with Crippen molar-refractivity contribution in [2.24, 2.45) is 0 Å². The highest BCUT2D eigenvalue weighted by Crippen LogP contribution is 2.38. The van der Waals surface area contributed by atoms with Crippen LogP contribution < -0.4 is 0 Å². The van der Waals surface area contributed by atoms with E-state index in [1.807, 2.05) is 0 Å². The Bertz CT molecular complexity index is 317. The molecule has 0 spiro atoms. The molecule has 0 aromatic carbocycles. The van der Waals surface area contributed by atoms with Gasteiger partial charge >= 0.3 is 0 Å². The molecule has 0 aliphatic carbocycles. The molecule has 2 rings (SSSR count). The third-order valence-electron chi connectivity index (χ3n) is 4.74. The van der Waals surface area contributed by atoms with Crippen LogP contribution in [0.2, 0.25) is 18.1 Å². The molecule has 2 nitrogen and oxygen atoms in total. The van der Waals surface area contributed by atoms with Gasteiger partial charge in [0, 0.05) is 12.2 Å². The molecule has 17 heavy (non-hydrogen) atoms. The smallest absolute Gasteiger partial charge is 0.192 e. The van der Waals surface area contributed by atoms with E-state index in [9.17, 15) is 0 Å². The summed E-state index contributed by atoms with van der Waals surface area (Å²) >= 11 is 0. The number of allylic oxidation sites excluding steroid dienone is 1. The molecule has 2 aliphatic heterocycles. The summed E-state index contributed by atoms with van der Waals surface area (Å²) < 4.78 is 6.36. The van der Waals surface area contributed by atoms with Crippen LogP contribution in [0, 0.1) is 0 Å². The molecule has 3 heteroatoms. The van der Waals surface area contributed by atoms with Crippen molar-refractivity contribution in [2.45, 2.75) is 64.2 Å². The van der Waals surface area contributed by atoms with E-state index in [1.165, 1.54) is 25.8 Å². The maximum Gasteiger partial charge on any atom is 0.192 e. The standard InChI is InChI=1S/C14H27NOSi/c1-14(2,3)17(4,5)16-11-13-9-8-12-7-6-10-15(12)13/h7,13H,6,8-11H2,1-5H3. The van der Waals surface area contributed by atoms with Gasteiger partial charge in [-0.05, 0) is 37.4 Å². The van der Waals surface area contributed by atoms with E-state index in [2.05, 4.69) is 44.8 Å². The van der Waals surface area contributed by atoms with Gasteiger partial charge in [-0.1, -0.05) is 26.8 Å². The average molecular weight is 253 g/mol. The molecule has 1 unspecified atom stereocenters. The van der Waals surface area contributed by atoms with Crippen molar-refractivity contribution in [3.63, 3.8) is 0 Å². The summed E-state index contributed by atoms with van der Waals surface area (Å²) in [5, 5.41) is 0.329. The maximum absolute atomic E-state index is 6.36. The number of hydrogen-bond donors (Lipinski definition) is 0. The summed E-state index contributed by atoms with van der Waals surface area (Å²) in [6.45, 7) is 13.8. The van der Waals surface area contributed by atoms with E-state index in [4.69, 9.17) is 4.43 Å². The number of nitrogens with zero attached hydrogens (tertiary/aromatic N) is 1. The fourth-order valence-electron chi connectivity index (χ4n) is 2.46. The normalized spacial score (nSPS) is 25.1. The lowest BCUT2D eigenvalue weighted by Gasteiger charge is -2.38. The zero-order chi connectivity index (χ0) is 12.7. The summed E-state index contributed by atoms with van der Waals surface area (Å²) in [6.07, 6.45) is 6.21. The SMILES string of the molecule is CC(C)(C)[Si](C)(C)OCC1CCC2=CCCN21. The molecule has 0 amide bonds. The Morgan fingerprint density at radius 3 is 2.76 bits per heavy atom. The first kappa shape index (κ1) is 13.2. The second-order valence-corrected chi connectivity index (χ2v) is 11.8. The highest BCUT2D eigenvalue weighted by Gasteiger charge is 2.39. The van der Waals surface area contributed by atoms with Gasteiger partial charge in [0.25, 0.3) is 0 Å². The Balaban J connectivity index is 1.89. The van der Waals surface area contributed by atoms with E-state index in [0.717, 1.165) is 6.61 Å². The number of fused-ring (bicyclic) bond motifs is 1. The zero-order valence-corrected chi connectivity index (χ0v) is 13.0.